The van der Waals surface area contributed by atoms with Crippen molar-refractivity contribution in [3.8, 4) is 12.1 Å². The van der Waals surface area contributed by atoms with Gasteiger partial charge in [0.05, 0.1) is 18.2 Å². The summed E-state index contributed by atoms with van der Waals surface area (Å²) < 4.78 is 0. The van der Waals surface area contributed by atoms with Crippen molar-refractivity contribution in [2.75, 3.05) is 31.5 Å². The second kappa shape index (κ2) is 9.62. The number of nitrogens with one attached hydrogen (secondary N) is 2. The number of halogens is 1. The molecule has 1 aromatic rings. The first-order valence-electron chi connectivity index (χ1n) is 7.24. The van der Waals surface area contributed by atoms with Crippen LogP contribution in [-0.4, -0.2) is 48.0 Å². The maximum atomic E-state index is 12.0. The molecule has 2 rings (SSSR count). The van der Waals surface area contributed by atoms with Crippen LogP contribution in [0, 0.1) is 22.7 Å². The summed E-state index contributed by atoms with van der Waals surface area (Å²) in [5.41, 5.74) is 0.520. The summed E-state index contributed by atoms with van der Waals surface area (Å²) in [7, 11) is 0. The van der Waals surface area contributed by atoms with Gasteiger partial charge in [-0.1, -0.05) is 0 Å². The molecule has 0 aromatic carbocycles. The SMILES string of the molecule is Cl.N#Cc1ccc(NCCNCC(=O)N2CCC[C@H]2C#N)nc1. The molecule has 2 N–H and O–H groups in total. The van der Waals surface area contributed by atoms with Crippen LogP contribution in [0.25, 0.3) is 0 Å². The summed E-state index contributed by atoms with van der Waals surface area (Å²) in [6.07, 6.45) is 3.18. The molecule has 0 aliphatic carbocycles. The molecular weight excluding hydrogens is 316 g/mol. The lowest BCUT2D eigenvalue weighted by molar-refractivity contribution is -0.130. The Morgan fingerprint density at radius 1 is 1.39 bits per heavy atom. The number of anilines is 1. The number of likely N-dealkylation sites (tertiary alicyclic amines) is 1. The zero-order chi connectivity index (χ0) is 15.8. The van der Waals surface area contributed by atoms with E-state index >= 15 is 0 Å². The van der Waals surface area contributed by atoms with Gasteiger partial charge in [-0.05, 0) is 25.0 Å². The van der Waals surface area contributed by atoms with Crippen LogP contribution in [0.4, 0.5) is 5.82 Å². The Balaban J connectivity index is 0.00000264. The molecule has 1 aliphatic heterocycles. The average Bonchev–Trinajstić information content (AvgIpc) is 3.03. The van der Waals surface area contributed by atoms with Crippen molar-refractivity contribution in [1.29, 1.82) is 10.5 Å². The zero-order valence-electron chi connectivity index (χ0n) is 12.7. The van der Waals surface area contributed by atoms with E-state index in [1.54, 1.807) is 17.0 Å². The number of amides is 1. The van der Waals surface area contributed by atoms with Crippen molar-refractivity contribution in [3.05, 3.63) is 23.9 Å². The van der Waals surface area contributed by atoms with Crippen LogP contribution >= 0.6 is 12.4 Å². The molecule has 1 amide bonds. The van der Waals surface area contributed by atoms with Gasteiger partial charge >= 0.3 is 0 Å². The minimum absolute atomic E-state index is 0. The number of carbonyl (C=O) groups is 1. The number of hydrogen-bond donors (Lipinski definition) is 2. The van der Waals surface area contributed by atoms with Crippen molar-refractivity contribution in [3.63, 3.8) is 0 Å². The van der Waals surface area contributed by atoms with Crippen molar-refractivity contribution in [1.82, 2.24) is 15.2 Å². The van der Waals surface area contributed by atoms with Gasteiger partial charge in [0, 0.05) is 25.8 Å². The highest BCUT2D eigenvalue weighted by molar-refractivity contribution is 5.85. The van der Waals surface area contributed by atoms with Crippen LogP contribution < -0.4 is 10.6 Å². The van der Waals surface area contributed by atoms with E-state index in [1.165, 1.54) is 6.20 Å². The van der Waals surface area contributed by atoms with Gasteiger partial charge in [0.1, 0.15) is 17.9 Å². The summed E-state index contributed by atoms with van der Waals surface area (Å²) in [5.74, 6) is 0.664. The third-order valence-corrected chi connectivity index (χ3v) is 3.50. The molecule has 1 aromatic heterocycles. The molecule has 0 saturated carbocycles. The van der Waals surface area contributed by atoms with Crippen LogP contribution in [0.1, 0.15) is 18.4 Å². The number of aromatic nitrogens is 1. The third kappa shape index (κ3) is 5.41. The molecule has 1 atom stereocenters. The van der Waals surface area contributed by atoms with Crippen molar-refractivity contribution in [2.24, 2.45) is 0 Å². The molecule has 1 saturated heterocycles. The highest BCUT2D eigenvalue weighted by Crippen LogP contribution is 2.15. The number of rotatable bonds is 6. The molecule has 0 spiro atoms. The number of hydrogen-bond acceptors (Lipinski definition) is 6. The predicted octanol–water partition coefficient (Wildman–Crippen LogP) is 0.891. The third-order valence-electron chi connectivity index (χ3n) is 3.50. The smallest absolute Gasteiger partial charge is 0.237 e. The molecule has 2 heterocycles. The van der Waals surface area contributed by atoms with Crippen LogP contribution in [-0.2, 0) is 4.79 Å². The van der Waals surface area contributed by atoms with Gasteiger partial charge in [0.15, 0.2) is 0 Å². The van der Waals surface area contributed by atoms with Gasteiger partial charge in [-0.25, -0.2) is 4.98 Å². The van der Waals surface area contributed by atoms with Crippen LogP contribution in [0.15, 0.2) is 18.3 Å². The zero-order valence-corrected chi connectivity index (χ0v) is 13.5. The van der Waals surface area contributed by atoms with Crippen LogP contribution in [0.5, 0.6) is 0 Å². The van der Waals surface area contributed by atoms with Crippen molar-refractivity contribution in [2.45, 2.75) is 18.9 Å². The van der Waals surface area contributed by atoms with Crippen LogP contribution in [0.3, 0.4) is 0 Å². The van der Waals surface area contributed by atoms with Gasteiger partial charge in [-0.3, -0.25) is 4.79 Å². The largest absolute Gasteiger partial charge is 0.369 e. The summed E-state index contributed by atoms with van der Waals surface area (Å²) in [6, 6.07) is 7.34. The van der Waals surface area contributed by atoms with Gasteiger partial charge in [-0.2, -0.15) is 10.5 Å². The van der Waals surface area contributed by atoms with E-state index in [9.17, 15) is 4.79 Å². The number of carbonyl (C=O) groups excluding carboxylic acids is 1. The van der Waals surface area contributed by atoms with E-state index in [0.717, 1.165) is 12.8 Å². The van der Waals surface area contributed by atoms with E-state index in [4.69, 9.17) is 10.5 Å². The van der Waals surface area contributed by atoms with Crippen molar-refractivity contribution >= 4 is 24.1 Å². The van der Waals surface area contributed by atoms with Gasteiger partial charge in [-0.15, -0.1) is 12.4 Å². The lowest BCUT2D eigenvalue weighted by Gasteiger charge is -2.19. The Labute approximate surface area is 141 Å². The lowest BCUT2D eigenvalue weighted by atomic mass is 10.2. The Morgan fingerprint density at radius 3 is 2.87 bits per heavy atom. The van der Waals surface area contributed by atoms with E-state index in [1.807, 2.05) is 6.07 Å². The fourth-order valence-electron chi connectivity index (χ4n) is 2.34. The molecular formula is C15H19ClN6O. The second-order valence-corrected chi connectivity index (χ2v) is 5.02. The van der Waals surface area contributed by atoms with Gasteiger partial charge < -0.3 is 15.5 Å². The summed E-state index contributed by atoms with van der Waals surface area (Å²) in [6.45, 7) is 2.14. The fourth-order valence-corrected chi connectivity index (χ4v) is 2.34. The van der Waals surface area contributed by atoms with Gasteiger partial charge in [0.2, 0.25) is 5.91 Å². The minimum Gasteiger partial charge on any atom is -0.369 e. The number of nitriles is 2. The summed E-state index contributed by atoms with van der Waals surface area (Å²) in [4.78, 5) is 17.7. The lowest BCUT2D eigenvalue weighted by Crippen LogP contribution is -2.41. The molecule has 1 fully saturated rings. The summed E-state index contributed by atoms with van der Waals surface area (Å²) >= 11 is 0. The molecule has 0 unspecified atom stereocenters. The number of nitrogens with zero attached hydrogens (tertiary/aromatic N) is 4. The molecule has 122 valence electrons. The Bertz CT molecular complexity index is 591. The first-order chi connectivity index (χ1) is 10.7. The van der Waals surface area contributed by atoms with E-state index in [0.29, 0.717) is 31.0 Å². The Kier molecular flexibility index (Phi) is 7.82. The average molecular weight is 335 g/mol. The molecule has 23 heavy (non-hydrogen) atoms. The quantitative estimate of drug-likeness (QED) is 0.749. The first kappa shape index (κ1) is 18.7. The monoisotopic (exact) mass is 334 g/mol. The highest BCUT2D eigenvalue weighted by atomic mass is 35.5. The van der Waals surface area contributed by atoms with E-state index in [-0.39, 0.29) is 30.9 Å². The topological polar surface area (TPSA) is 105 Å². The maximum absolute atomic E-state index is 12.0. The minimum atomic E-state index is -0.268. The standard InChI is InChI=1S/C15H18N6O.ClH/c16-8-12-3-4-14(20-10-12)19-6-5-18-11-15(22)21-7-1-2-13(21)9-17;/h3-4,10,13,18H,1-2,5-7,11H2,(H,19,20);1H/t13-;/m0./s1. The number of pyridine rings is 1. The van der Waals surface area contributed by atoms with Crippen LogP contribution in [0.2, 0.25) is 0 Å². The van der Waals surface area contributed by atoms with Gasteiger partial charge in [0.25, 0.3) is 0 Å². The molecule has 1 aliphatic rings. The second-order valence-electron chi connectivity index (χ2n) is 5.02. The molecule has 8 heteroatoms. The van der Waals surface area contributed by atoms with E-state index in [2.05, 4.69) is 21.7 Å². The highest BCUT2D eigenvalue weighted by Gasteiger charge is 2.27. The molecule has 0 bridgehead atoms. The molecule has 0 radical (unpaired) electrons. The van der Waals surface area contributed by atoms with E-state index < -0.39 is 0 Å². The maximum Gasteiger partial charge on any atom is 0.237 e. The normalized spacial score (nSPS) is 16.1. The predicted molar refractivity (Wildman–Crippen MR) is 87.9 cm³/mol. The van der Waals surface area contributed by atoms with Crippen molar-refractivity contribution < 1.29 is 4.79 Å². The summed E-state index contributed by atoms with van der Waals surface area (Å²) in [5, 5.41) is 23.8. The Hall–Kier alpha value is -2.35. The molecule has 7 nitrogen and oxygen atoms in total. The first-order valence-corrected chi connectivity index (χ1v) is 7.24. The fraction of sp³-hybridized carbons (Fsp3) is 0.467. The Morgan fingerprint density at radius 2 is 2.22 bits per heavy atom.